The Kier molecular flexibility index (Phi) is 11.2. The highest BCUT2D eigenvalue weighted by Crippen LogP contribution is 2.36. The Hall–Kier alpha value is -1.92. The molecule has 0 aliphatic carbocycles. The van der Waals surface area contributed by atoms with E-state index in [9.17, 15) is 19.2 Å². The lowest BCUT2D eigenvalue weighted by molar-refractivity contribution is -0.211. The molecule has 1 fully saturated rings. The van der Waals surface area contributed by atoms with Gasteiger partial charge in [0.25, 0.3) is 0 Å². The quantitative estimate of drug-likeness (QED) is 0.281. The minimum Gasteiger partial charge on any atom is -0.463 e. The molecule has 1 aromatic carbocycles. The summed E-state index contributed by atoms with van der Waals surface area (Å²) in [5, 5.41) is 2.55. The molecule has 1 aliphatic heterocycles. The second kappa shape index (κ2) is 13.4. The van der Waals surface area contributed by atoms with Crippen LogP contribution in [0.15, 0.2) is 35.2 Å². The largest absolute Gasteiger partial charge is 0.463 e. The summed E-state index contributed by atoms with van der Waals surface area (Å²) in [5.41, 5.74) is -0.908. The number of ether oxygens (including phenoxy) is 5. The van der Waals surface area contributed by atoms with Crippen LogP contribution in [0.2, 0.25) is 0 Å². The lowest BCUT2D eigenvalue weighted by Gasteiger charge is -2.44. The normalized spacial score (nSPS) is 24.1. The number of carbonyl (C=O) groups excluding carboxylic acids is 4. The first-order valence-corrected chi connectivity index (χ1v) is 12.2. The molecule has 0 saturated carbocycles. The number of hydrogen-bond acceptors (Lipinski definition) is 10. The first-order valence-electron chi connectivity index (χ1n) is 10.2. The predicted octanol–water partition coefficient (Wildman–Crippen LogP) is 3.40. The van der Waals surface area contributed by atoms with E-state index in [-0.39, 0.29) is 6.61 Å². The number of halogens is 3. The molecule has 1 heterocycles. The first kappa shape index (κ1) is 29.3. The van der Waals surface area contributed by atoms with Crippen LogP contribution in [0.5, 0.6) is 0 Å². The molecule has 0 aromatic heterocycles. The third kappa shape index (κ3) is 10.3. The summed E-state index contributed by atoms with van der Waals surface area (Å²) in [7, 11) is 0. The van der Waals surface area contributed by atoms with Crippen LogP contribution in [0.3, 0.4) is 0 Å². The van der Waals surface area contributed by atoms with Gasteiger partial charge in [-0.05, 0) is 12.1 Å². The van der Waals surface area contributed by atoms with Crippen molar-refractivity contribution in [2.24, 2.45) is 0 Å². The van der Waals surface area contributed by atoms with Crippen molar-refractivity contribution >= 4 is 70.6 Å². The van der Waals surface area contributed by atoms with Gasteiger partial charge in [0.1, 0.15) is 30.8 Å². The molecular formula is C21H24Cl3NO9S. The van der Waals surface area contributed by atoms with Crippen LogP contribution in [-0.4, -0.2) is 70.8 Å². The molecule has 0 spiro atoms. The van der Waals surface area contributed by atoms with Crippen LogP contribution >= 0.6 is 46.6 Å². The van der Waals surface area contributed by atoms with Gasteiger partial charge in [-0.3, -0.25) is 14.4 Å². The molecule has 1 aliphatic rings. The van der Waals surface area contributed by atoms with Gasteiger partial charge in [0, 0.05) is 25.7 Å². The van der Waals surface area contributed by atoms with Gasteiger partial charge in [0.05, 0.1) is 0 Å². The smallest absolute Gasteiger partial charge is 0.407 e. The molecule has 1 amide bonds. The Morgan fingerprint density at radius 2 is 1.54 bits per heavy atom. The summed E-state index contributed by atoms with van der Waals surface area (Å²) in [6.07, 6.45) is -4.50. The highest BCUT2D eigenvalue weighted by atomic mass is 35.6. The zero-order chi connectivity index (χ0) is 26.2. The number of carbonyl (C=O) groups is 4. The van der Waals surface area contributed by atoms with Crippen LogP contribution < -0.4 is 5.32 Å². The third-order valence-corrected chi connectivity index (χ3v) is 5.86. The predicted molar refractivity (Wildman–Crippen MR) is 127 cm³/mol. The van der Waals surface area contributed by atoms with Gasteiger partial charge in [-0.25, -0.2) is 4.79 Å². The molecule has 35 heavy (non-hydrogen) atoms. The maximum atomic E-state index is 12.5. The van der Waals surface area contributed by atoms with E-state index >= 15 is 0 Å². The lowest BCUT2D eigenvalue weighted by atomic mass is 9.97. The number of benzene rings is 1. The molecule has 1 aromatic rings. The molecule has 0 bridgehead atoms. The minimum absolute atomic E-state index is 0.304. The van der Waals surface area contributed by atoms with Crippen molar-refractivity contribution < 1.29 is 42.9 Å². The van der Waals surface area contributed by atoms with Crippen molar-refractivity contribution in [1.82, 2.24) is 5.32 Å². The summed E-state index contributed by atoms with van der Waals surface area (Å²) in [4.78, 5) is 48.5. The van der Waals surface area contributed by atoms with Crippen LogP contribution in [0.1, 0.15) is 20.8 Å². The van der Waals surface area contributed by atoms with Crippen molar-refractivity contribution in [3.63, 3.8) is 0 Å². The zero-order valence-electron chi connectivity index (χ0n) is 18.9. The second-order valence-electron chi connectivity index (χ2n) is 7.29. The Bertz CT molecular complexity index is 900. The van der Waals surface area contributed by atoms with Gasteiger partial charge < -0.3 is 29.0 Å². The average Bonchev–Trinajstić information content (AvgIpc) is 2.74. The van der Waals surface area contributed by atoms with Crippen molar-refractivity contribution in [1.29, 1.82) is 0 Å². The van der Waals surface area contributed by atoms with E-state index in [1.54, 1.807) is 24.3 Å². The first-order chi connectivity index (χ1) is 16.4. The van der Waals surface area contributed by atoms with Crippen LogP contribution in [0.25, 0.3) is 0 Å². The molecule has 194 valence electrons. The maximum absolute atomic E-state index is 12.5. The summed E-state index contributed by atoms with van der Waals surface area (Å²) >= 11 is 18.1. The number of nitrogens with one attached hydrogen (secondary N) is 1. The van der Waals surface area contributed by atoms with E-state index in [1.165, 1.54) is 18.7 Å². The molecule has 10 nitrogen and oxygen atoms in total. The highest BCUT2D eigenvalue weighted by Gasteiger charge is 2.51. The standard InChI is InChI=1S/C21H24Cl3NO9S/c1-11(26)30-9-15-17(32-12(2)27)18(33-13(3)28)16(25-20(29)31-10-21(22,23)24)19(34-15)35-14-7-5-4-6-8-14/h4-8,15-19H,9-10H2,1-3H3,(H,25,29). The van der Waals surface area contributed by atoms with Gasteiger partial charge in [0.2, 0.25) is 3.79 Å². The fourth-order valence-corrected chi connectivity index (χ4v) is 4.43. The number of esters is 3. The van der Waals surface area contributed by atoms with E-state index in [0.29, 0.717) is 0 Å². The van der Waals surface area contributed by atoms with Crippen molar-refractivity contribution in [3.05, 3.63) is 30.3 Å². The molecule has 5 atom stereocenters. The van der Waals surface area contributed by atoms with E-state index in [0.717, 1.165) is 18.7 Å². The average molecular weight is 573 g/mol. The van der Waals surface area contributed by atoms with Crippen molar-refractivity contribution in [3.8, 4) is 0 Å². The van der Waals surface area contributed by atoms with Gasteiger partial charge >= 0.3 is 24.0 Å². The summed E-state index contributed by atoms with van der Waals surface area (Å²) in [6.45, 7) is 2.64. The Morgan fingerprint density at radius 3 is 2.09 bits per heavy atom. The van der Waals surface area contributed by atoms with E-state index in [1.807, 2.05) is 6.07 Å². The van der Waals surface area contributed by atoms with Crippen LogP contribution in [-0.2, 0) is 38.1 Å². The number of alkyl halides is 3. The van der Waals surface area contributed by atoms with Crippen molar-refractivity contribution in [2.75, 3.05) is 13.2 Å². The number of hydrogen-bond donors (Lipinski definition) is 1. The number of alkyl carbamates (subject to hydrolysis) is 1. The van der Waals surface area contributed by atoms with Gasteiger partial charge in [-0.1, -0.05) is 64.8 Å². The number of amides is 1. The minimum atomic E-state index is -1.86. The highest BCUT2D eigenvalue weighted by molar-refractivity contribution is 7.99. The fraction of sp³-hybridized carbons (Fsp3) is 0.524. The number of thioether (sulfide) groups is 1. The summed E-state index contributed by atoms with van der Waals surface area (Å²) in [6, 6.07) is 7.91. The Balaban J connectivity index is 2.42. The van der Waals surface area contributed by atoms with Gasteiger partial charge in [-0.2, -0.15) is 0 Å². The van der Waals surface area contributed by atoms with Gasteiger partial charge in [-0.15, -0.1) is 0 Å². The third-order valence-electron chi connectivity index (χ3n) is 4.35. The molecular weight excluding hydrogens is 549 g/mol. The molecule has 0 radical (unpaired) electrons. The zero-order valence-corrected chi connectivity index (χ0v) is 22.0. The lowest BCUT2D eigenvalue weighted by Crippen LogP contribution is -2.65. The second-order valence-corrected chi connectivity index (χ2v) is 11.0. The maximum Gasteiger partial charge on any atom is 0.407 e. The molecule has 2 rings (SSSR count). The fourth-order valence-electron chi connectivity index (χ4n) is 3.11. The van der Waals surface area contributed by atoms with E-state index in [4.69, 9.17) is 58.5 Å². The molecule has 1 N–H and O–H groups in total. The number of rotatable bonds is 8. The Labute approximate surface area is 221 Å². The SMILES string of the molecule is CC(=O)OCC1OC(Sc2ccccc2)C(NC(=O)OCC(Cl)(Cl)Cl)C(OC(C)=O)C1OC(C)=O. The summed E-state index contributed by atoms with van der Waals surface area (Å²) in [5.74, 6) is -2.03. The topological polar surface area (TPSA) is 126 Å². The molecule has 5 unspecified atom stereocenters. The summed E-state index contributed by atoms with van der Waals surface area (Å²) < 4.78 is 25.1. The van der Waals surface area contributed by atoms with Gasteiger partial charge in [0.15, 0.2) is 12.2 Å². The van der Waals surface area contributed by atoms with Crippen LogP contribution in [0.4, 0.5) is 4.79 Å². The van der Waals surface area contributed by atoms with E-state index in [2.05, 4.69) is 5.32 Å². The van der Waals surface area contributed by atoms with Crippen molar-refractivity contribution in [2.45, 2.75) is 59.2 Å². The van der Waals surface area contributed by atoms with Crippen LogP contribution in [0, 0.1) is 0 Å². The molecule has 1 saturated heterocycles. The monoisotopic (exact) mass is 571 g/mol. The Morgan fingerprint density at radius 1 is 0.943 bits per heavy atom. The molecule has 14 heteroatoms. The van der Waals surface area contributed by atoms with E-state index < -0.39 is 64.2 Å².